The molecule has 2 aromatic heterocycles. The third-order valence-corrected chi connectivity index (χ3v) is 8.94. The van der Waals surface area contributed by atoms with E-state index in [1.807, 2.05) is 53.8 Å². The lowest BCUT2D eigenvalue weighted by molar-refractivity contribution is -0.136. The van der Waals surface area contributed by atoms with E-state index in [1.165, 1.54) is 11.3 Å². The molecule has 2 aromatic carbocycles. The molecule has 190 valence electrons. The molecule has 8 nitrogen and oxygen atoms in total. The summed E-state index contributed by atoms with van der Waals surface area (Å²) in [6.45, 7) is 5.85. The van der Waals surface area contributed by atoms with Gasteiger partial charge in [-0.3, -0.25) is 9.52 Å². The van der Waals surface area contributed by atoms with Crippen molar-refractivity contribution in [2.24, 2.45) is 0 Å². The summed E-state index contributed by atoms with van der Waals surface area (Å²) in [5.41, 5.74) is 1.86. The molecule has 1 saturated heterocycles. The number of aromatic nitrogens is 2. The Morgan fingerprint density at radius 2 is 1.97 bits per heavy atom. The number of halogens is 1. The van der Waals surface area contributed by atoms with Crippen molar-refractivity contribution >= 4 is 60.6 Å². The van der Waals surface area contributed by atoms with Gasteiger partial charge in [0.25, 0.3) is 10.0 Å². The summed E-state index contributed by atoms with van der Waals surface area (Å²) < 4.78 is 29.7. The molecule has 0 aliphatic carbocycles. The van der Waals surface area contributed by atoms with Gasteiger partial charge in [-0.1, -0.05) is 17.7 Å². The second-order valence-corrected chi connectivity index (χ2v) is 11.9. The van der Waals surface area contributed by atoms with Crippen LogP contribution in [0.5, 0.6) is 0 Å². The lowest BCUT2D eigenvalue weighted by atomic mass is 10.1. The lowest BCUT2D eigenvalue weighted by Gasteiger charge is -2.42. The van der Waals surface area contributed by atoms with Crippen LogP contribution in [0.4, 0.5) is 10.8 Å². The Morgan fingerprint density at radius 1 is 1.19 bits per heavy atom. The topological polar surface area (TPSA) is 87.5 Å². The van der Waals surface area contributed by atoms with Crippen LogP contribution in [0.1, 0.15) is 21.3 Å². The standard InChI is InChI=1S/C25H26ClN5O3S2.H2/c1-17-16-29(21-5-7-22(8-6-21)36(33,34)28-25-27-10-14-35-25)12-13-30(17)24(32)18(2)31-11-9-19-3-4-20(26)15-23(19)31;/h3-11,14-15,17-18H,12-13,16H2,1-2H3,(H,27,28);1H/t17-,18-;/m1./s1. The average molecular weight is 546 g/mol. The van der Waals surface area contributed by atoms with E-state index in [0.29, 0.717) is 29.8 Å². The molecule has 36 heavy (non-hydrogen) atoms. The maximum absolute atomic E-state index is 13.4. The molecule has 1 aliphatic rings. The zero-order valence-electron chi connectivity index (χ0n) is 19.8. The molecule has 2 atom stereocenters. The Kier molecular flexibility index (Phi) is 6.67. The predicted molar refractivity (Wildman–Crippen MR) is 147 cm³/mol. The van der Waals surface area contributed by atoms with E-state index in [1.54, 1.807) is 35.8 Å². The summed E-state index contributed by atoms with van der Waals surface area (Å²) in [6, 6.07) is 14.1. The van der Waals surface area contributed by atoms with Crippen LogP contribution in [0.3, 0.4) is 0 Å². The van der Waals surface area contributed by atoms with Gasteiger partial charge in [-0.25, -0.2) is 13.4 Å². The number of hydrogen-bond acceptors (Lipinski definition) is 6. The van der Waals surface area contributed by atoms with Crippen LogP contribution in [0.2, 0.25) is 5.02 Å². The molecule has 5 rings (SSSR count). The second-order valence-electron chi connectivity index (χ2n) is 8.87. The van der Waals surface area contributed by atoms with E-state index in [2.05, 4.69) is 14.6 Å². The monoisotopic (exact) mass is 545 g/mol. The second kappa shape index (κ2) is 9.76. The fraction of sp³-hybridized carbons (Fsp3) is 0.280. The van der Waals surface area contributed by atoms with Gasteiger partial charge in [0.05, 0.1) is 10.4 Å². The van der Waals surface area contributed by atoms with Gasteiger partial charge in [0.1, 0.15) is 6.04 Å². The van der Waals surface area contributed by atoms with E-state index in [0.717, 1.165) is 16.6 Å². The van der Waals surface area contributed by atoms with Crippen molar-refractivity contribution < 1.29 is 14.6 Å². The van der Waals surface area contributed by atoms with E-state index in [-0.39, 0.29) is 24.3 Å². The average Bonchev–Trinajstić information content (AvgIpc) is 3.52. The van der Waals surface area contributed by atoms with Crippen molar-refractivity contribution in [1.82, 2.24) is 14.5 Å². The number of carbonyl (C=O) groups is 1. The molecule has 0 unspecified atom stereocenters. The summed E-state index contributed by atoms with van der Waals surface area (Å²) in [5.74, 6) is 0.0642. The van der Waals surface area contributed by atoms with Crippen molar-refractivity contribution in [3.63, 3.8) is 0 Å². The number of sulfonamides is 1. The maximum Gasteiger partial charge on any atom is 0.263 e. The molecule has 1 amide bonds. The fourth-order valence-electron chi connectivity index (χ4n) is 4.62. The number of amides is 1. The maximum atomic E-state index is 13.4. The van der Waals surface area contributed by atoms with Crippen LogP contribution in [0.15, 0.2) is 71.2 Å². The van der Waals surface area contributed by atoms with Crippen molar-refractivity contribution in [3.05, 3.63) is 71.3 Å². The lowest BCUT2D eigenvalue weighted by Crippen LogP contribution is -2.55. The third kappa shape index (κ3) is 4.80. The van der Waals surface area contributed by atoms with Gasteiger partial charge in [0.2, 0.25) is 5.91 Å². The minimum absolute atomic E-state index is 0. The Labute approximate surface area is 220 Å². The first-order chi connectivity index (χ1) is 17.2. The number of nitrogens with zero attached hydrogens (tertiary/aromatic N) is 4. The molecule has 1 fully saturated rings. The minimum atomic E-state index is -3.70. The first-order valence-electron chi connectivity index (χ1n) is 11.6. The number of carbonyl (C=O) groups excluding carboxylic acids is 1. The van der Waals surface area contributed by atoms with Gasteiger partial charge in [0, 0.05) is 55.6 Å². The Hall–Kier alpha value is -3.08. The highest BCUT2D eigenvalue weighted by Gasteiger charge is 2.31. The van der Waals surface area contributed by atoms with Crippen LogP contribution in [-0.4, -0.2) is 54.5 Å². The smallest absolute Gasteiger partial charge is 0.263 e. The quantitative estimate of drug-likeness (QED) is 0.364. The van der Waals surface area contributed by atoms with Crippen LogP contribution in [-0.2, 0) is 14.8 Å². The predicted octanol–water partition coefficient (Wildman–Crippen LogP) is 5.10. The third-order valence-electron chi connectivity index (χ3n) is 6.54. The number of fused-ring (bicyclic) bond motifs is 1. The number of rotatable bonds is 6. The Morgan fingerprint density at radius 3 is 2.67 bits per heavy atom. The SMILES string of the molecule is C[C@@H]1CN(c2ccc(S(=O)(=O)Nc3nccs3)cc2)CCN1C(=O)[C@@H](C)n1ccc2ccc(Cl)cc21.[HH]. The molecular weight excluding hydrogens is 518 g/mol. The van der Waals surface area contributed by atoms with Gasteiger partial charge < -0.3 is 14.4 Å². The van der Waals surface area contributed by atoms with Crippen LogP contribution < -0.4 is 9.62 Å². The molecule has 1 N–H and O–H groups in total. The van der Waals surface area contributed by atoms with E-state index >= 15 is 0 Å². The zero-order chi connectivity index (χ0) is 25.4. The summed E-state index contributed by atoms with van der Waals surface area (Å²) in [7, 11) is -3.70. The first kappa shape index (κ1) is 24.6. The number of benzene rings is 2. The Balaban J connectivity index is 0.00000320. The Bertz CT molecular complexity index is 1490. The van der Waals surface area contributed by atoms with Crippen molar-refractivity contribution in [2.45, 2.75) is 30.8 Å². The summed E-state index contributed by atoms with van der Waals surface area (Å²) in [4.78, 5) is 21.7. The molecule has 4 aromatic rings. The number of thiazole rings is 1. The van der Waals surface area contributed by atoms with Crippen LogP contribution >= 0.6 is 22.9 Å². The summed E-state index contributed by atoms with van der Waals surface area (Å²) in [5, 5.41) is 3.73. The number of anilines is 2. The number of nitrogens with one attached hydrogen (secondary N) is 1. The molecule has 0 spiro atoms. The van der Waals surface area contributed by atoms with Crippen molar-refractivity contribution in [3.8, 4) is 0 Å². The molecule has 1 aliphatic heterocycles. The van der Waals surface area contributed by atoms with Gasteiger partial charge in [-0.05, 0) is 61.7 Å². The molecule has 0 saturated carbocycles. The molecule has 11 heteroatoms. The minimum Gasteiger partial charge on any atom is -0.368 e. The normalized spacial score (nSPS) is 17.4. The molecule has 0 bridgehead atoms. The highest BCUT2D eigenvalue weighted by Crippen LogP contribution is 2.27. The van der Waals surface area contributed by atoms with Crippen molar-refractivity contribution in [2.75, 3.05) is 29.3 Å². The highest BCUT2D eigenvalue weighted by atomic mass is 35.5. The van der Waals surface area contributed by atoms with Gasteiger partial charge >= 0.3 is 0 Å². The van der Waals surface area contributed by atoms with Gasteiger partial charge in [0.15, 0.2) is 5.13 Å². The first-order valence-corrected chi connectivity index (χ1v) is 14.3. The number of piperazine rings is 1. The van der Waals surface area contributed by atoms with Crippen LogP contribution in [0.25, 0.3) is 10.9 Å². The molecule has 0 radical (unpaired) electrons. The van der Waals surface area contributed by atoms with Crippen LogP contribution in [0, 0.1) is 0 Å². The van der Waals surface area contributed by atoms with Gasteiger partial charge in [-0.2, -0.15) is 0 Å². The fourth-order valence-corrected chi connectivity index (χ4v) is 6.58. The summed E-state index contributed by atoms with van der Waals surface area (Å²) in [6.07, 6.45) is 3.48. The largest absolute Gasteiger partial charge is 0.368 e. The van der Waals surface area contributed by atoms with Gasteiger partial charge in [-0.15, -0.1) is 11.3 Å². The molecule has 3 heterocycles. The molecular formula is C25H28ClN5O3S2. The number of hydrogen-bond donors (Lipinski definition) is 1. The van der Waals surface area contributed by atoms with E-state index in [9.17, 15) is 13.2 Å². The summed E-state index contributed by atoms with van der Waals surface area (Å²) >= 11 is 7.42. The van der Waals surface area contributed by atoms with E-state index < -0.39 is 10.0 Å². The van der Waals surface area contributed by atoms with E-state index in [4.69, 9.17) is 11.6 Å². The highest BCUT2D eigenvalue weighted by molar-refractivity contribution is 7.93. The zero-order valence-corrected chi connectivity index (χ0v) is 22.2. The van der Waals surface area contributed by atoms with Crippen molar-refractivity contribution in [1.29, 1.82) is 0 Å².